The van der Waals surface area contributed by atoms with Gasteiger partial charge in [-0.1, -0.05) is 77.6 Å². The number of amides is 1. The van der Waals surface area contributed by atoms with Crippen molar-refractivity contribution in [1.29, 1.82) is 0 Å². The summed E-state index contributed by atoms with van der Waals surface area (Å²) in [5, 5.41) is 39.4. The second kappa shape index (κ2) is 16.4. The van der Waals surface area contributed by atoms with Crippen LogP contribution in [-0.4, -0.2) is 87.9 Å². The summed E-state index contributed by atoms with van der Waals surface area (Å²) in [6.07, 6.45) is 10.0. The van der Waals surface area contributed by atoms with Gasteiger partial charge in [-0.05, 0) is 19.8 Å². The molecule has 4 N–H and O–H groups in total. The second-order valence-electron chi connectivity index (χ2n) is 10.8. The van der Waals surface area contributed by atoms with E-state index in [1.807, 2.05) is 6.92 Å². The number of carbonyl (C=O) groups is 2. The van der Waals surface area contributed by atoms with E-state index in [-0.39, 0.29) is 35.5 Å². The first-order valence-corrected chi connectivity index (χ1v) is 14.2. The number of rotatable bonds is 17. The highest BCUT2D eigenvalue weighted by Crippen LogP contribution is 2.27. The average Bonchev–Trinajstić information content (AvgIpc) is 3.07. The smallest absolute Gasteiger partial charge is 0.261 e. The second-order valence-corrected chi connectivity index (χ2v) is 10.8. The number of aliphatic hydroxyl groups excluding tert-OH is 4. The van der Waals surface area contributed by atoms with Crippen molar-refractivity contribution in [3.63, 3.8) is 0 Å². The van der Waals surface area contributed by atoms with Crippen LogP contribution in [0.5, 0.6) is 0 Å². The quantitative estimate of drug-likeness (QED) is 0.0978. The molecule has 9 nitrogen and oxygen atoms in total. The van der Waals surface area contributed by atoms with Gasteiger partial charge in [-0.15, -0.1) is 0 Å². The zero-order valence-electron chi connectivity index (χ0n) is 22.9. The van der Waals surface area contributed by atoms with Gasteiger partial charge in [-0.2, -0.15) is 0 Å². The molecule has 1 amide bonds. The molecule has 0 saturated carbocycles. The van der Waals surface area contributed by atoms with Gasteiger partial charge in [-0.25, -0.2) is 0 Å². The van der Waals surface area contributed by atoms with E-state index < -0.39 is 30.6 Å². The van der Waals surface area contributed by atoms with E-state index in [1.165, 1.54) is 43.4 Å². The van der Waals surface area contributed by atoms with Crippen molar-refractivity contribution in [1.82, 2.24) is 4.90 Å². The molecule has 2 heterocycles. The number of allylic oxidation sites excluding steroid dienone is 1. The lowest BCUT2D eigenvalue weighted by Crippen LogP contribution is -2.53. The maximum absolute atomic E-state index is 12.2. The van der Waals surface area contributed by atoms with E-state index in [4.69, 9.17) is 9.47 Å². The van der Waals surface area contributed by atoms with Crippen molar-refractivity contribution >= 4 is 11.7 Å². The van der Waals surface area contributed by atoms with Crippen LogP contribution in [0.2, 0.25) is 0 Å². The predicted octanol–water partition coefficient (Wildman–Crippen LogP) is 3.39. The van der Waals surface area contributed by atoms with Gasteiger partial charge < -0.3 is 34.8 Å². The summed E-state index contributed by atoms with van der Waals surface area (Å²) in [6.45, 7) is 4.00. The third-order valence-electron chi connectivity index (χ3n) is 7.73. The maximum Gasteiger partial charge on any atom is 0.261 e. The van der Waals surface area contributed by atoms with Crippen LogP contribution in [0.3, 0.4) is 0 Å². The van der Waals surface area contributed by atoms with Crippen LogP contribution in [0.1, 0.15) is 97.3 Å². The Labute approximate surface area is 221 Å². The SMILES string of the molecule is C[C@@H](CCCCCCCCCCCCCCO[C@@H]1OC[C@@H](O)[C@H](O)C1O)/C(O)=C1\C(=O)[C@H](C)N(C)C1=O. The van der Waals surface area contributed by atoms with Gasteiger partial charge in [-0.3, -0.25) is 9.59 Å². The molecular formula is C28H49NO8. The number of unbranched alkanes of at least 4 members (excludes halogenated alkanes) is 11. The van der Waals surface area contributed by atoms with Crippen LogP contribution in [0.15, 0.2) is 11.3 Å². The standard InChI is InChI=1S/C28H49NO8/c1-19(23(31)22-24(32)20(2)29(3)27(22)35)16-14-12-10-8-6-4-5-7-9-11-13-15-17-36-28-26(34)25(33)21(30)18-37-28/h19-21,25-26,28,30-31,33-34H,4-18H2,1-3H3/b23-22-/t19-,20-,21+,25-,26?,28+/m0/s1. The van der Waals surface area contributed by atoms with Gasteiger partial charge in [0.1, 0.15) is 29.6 Å². The van der Waals surface area contributed by atoms with Gasteiger partial charge in [0.2, 0.25) is 0 Å². The van der Waals surface area contributed by atoms with Crippen LogP contribution >= 0.6 is 0 Å². The van der Waals surface area contributed by atoms with Crippen LogP contribution in [0.4, 0.5) is 0 Å². The number of hydrogen-bond donors (Lipinski definition) is 4. The Morgan fingerprint density at radius 1 is 0.919 bits per heavy atom. The van der Waals surface area contributed by atoms with E-state index >= 15 is 0 Å². The Morgan fingerprint density at radius 2 is 1.43 bits per heavy atom. The summed E-state index contributed by atoms with van der Waals surface area (Å²) in [6, 6.07) is -0.498. The molecule has 0 spiro atoms. The minimum Gasteiger partial charge on any atom is -0.511 e. The molecule has 6 atom stereocenters. The summed E-state index contributed by atoms with van der Waals surface area (Å²) < 4.78 is 10.7. The Hall–Kier alpha value is -1.52. The monoisotopic (exact) mass is 527 g/mol. The van der Waals surface area contributed by atoms with E-state index in [9.17, 15) is 30.0 Å². The van der Waals surface area contributed by atoms with Crippen LogP contribution in [0, 0.1) is 5.92 Å². The van der Waals surface area contributed by atoms with Crippen LogP contribution in [-0.2, 0) is 19.1 Å². The lowest BCUT2D eigenvalue weighted by atomic mass is 9.95. The molecule has 2 rings (SSSR count). The normalized spacial score (nSPS) is 28.7. The van der Waals surface area contributed by atoms with Crippen LogP contribution < -0.4 is 0 Å². The lowest BCUT2D eigenvalue weighted by Gasteiger charge is -2.34. The fourth-order valence-corrected chi connectivity index (χ4v) is 4.91. The number of ether oxygens (including phenoxy) is 2. The molecule has 37 heavy (non-hydrogen) atoms. The third-order valence-corrected chi connectivity index (χ3v) is 7.73. The molecule has 0 aromatic carbocycles. The largest absolute Gasteiger partial charge is 0.511 e. The van der Waals surface area contributed by atoms with Crippen molar-refractivity contribution in [2.24, 2.45) is 5.92 Å². The molecule has 1 unspecified atom stereocenters. The summed E-state index contributed by atoms with van der Waals surface area (Å²) in [5.41, 5.74) is -0.0213. The Kier molecular flexibility index (Phi) is 14.1. The zero-order chi connectivity index (χ0) is 27.4. The number of Topliss-reactive ketones (excluding diaryl/α,β-unsaturated/α-hetero) is 1. The van der Waals surface area contributed by atoms with Gasteiger partial charge in [0.05, 0.1) is 12.6 Å². The summed E-state index contributed by atoms with van der Waals surface area (Å²) in [5.74, 6) is -0.871. The molecule has 0 aromatic heterocycles. The molecule has 214 valence electrons. The number of nitrogens with zero attached hydrogens (tertiary/aromatic N) is 1. The number of aliphatic hydroxyl groups is 4. The van der Waals surface area contributed by atoms with Gasteiger partial charge >= 0.3 is 0 Å². The fourth-order valence-electron chi connectivity index (χ4n) is 4.91. The highest BCUT2D eigenvalue weighted by atomic mass is 16.7. The lowest BCUT2D eigenvalue weighted by molar-refractivity contribution is -0.270. The highest BCUT2D eigenvalue weighted by Gasteiger charge is 2.41. The first-order valence-electron chi connectivity index (χ1n) is 14.2. The molecule has 2 aliphatic rings. The topological polar surface area (TPSA) is 137 Å². The van der Waals surface area contributed by atoms with Gasteiger partial charge in [0.25, 0.3) is 5.91 Å². The number of carbonyl (C=O) groups excluding carboxylic acids is 2. The molecular weight excluding hydrogens is 478 g/mol. The van der Waals surface area contributed by atoms with Crippen molar-refractivity contribution < 1.29 is 39.5 Å². The molecule has 0 aromatic rings. The van der Waals surface area contributed by atoms with Crippen molar-refractivity contribution in [3.05, 3.63) is 11.3 Å². The molecule has 9 heteroatoms. The van der Waals surface area contributed by atoms with Gasteiger partial charge in [0, 0.05) is 19.6 Å². The summed E-state index contributed by atoms with van der Waals surface area (Å²) in [7, 11) is 1.59. The minimum atomic E-state index is -1.23. The van der Waals surface area contributed by atoms with E-state index in [1.54, 1.807) is 14.0 Å². The fraction of sp³-hybridized carbons (Fsp3) is 0.857. The van der Waals surface area contributed by atoms with Crippen LogP contribution in [0.25, 0.3) is 0 Å². The molecule has 0 aliphatic carbocycles. The molecule has 2 aliphatic heterocycles. The Bertz CT molecular complexity index is 720. The summed E-state index contributed by atoms with van der Waals surface area (Å²) in [4.78, 5) is 25.8. The van der Waals surface area contributed by atoms with Crippen molar-refractivity contribution in [3.8, 4) is 0 Å². The highest BCUT2D eigenvalue weighted by molar-refractivity contribution is 6.26. The average molecular weight is 528 g/mol. The molecule has 2 saturated heterocycles. The number of likely N-dealkylation sites (tertiary alicyclic amines) is 1. The number of hydrogen-bond acceptors (Lipinski definition) is 8. The van der Waals surface area contributed by atoms with Gasteiger partial charge in [0.15, 0.2) is 12.1 Å². The summed E-state index contributed by atoms with van der Waals surface area (Å²) >= 11 is 0. The minimum absolute atomic E-state index is 0.0213. The van der Waals surface area contributed by atoms with E-state index in [0.29, 0.717) is 6.61 Å². The van der Waals surface area contributed by atoms with E-state index in [2.05, 4.69) is 0 Å². The first kappa shape index (κ1) is 31.7. The third kappa shape index (κ3) is 9.62. The predicted molar refractivity (Wildman–Crippen MR) is 140 cm³/mol. The first-order chi connectivity index (χ1) is 17.7. The van der Waals surface area contributed by atoms with Crippen molar-refractivity contribution in [2.75, 3.05) is 20.3 Å². The maximum atomic E-state index is 12.2. The number of ketones is 1. The van der Waals surface area contributed by atoms with E-state index in [0.717, 1.165) is 44.9 Å². The van der Waals surface area contributed by atoms with Crippen molar-refractivity contribution in [2.45, 2.75) is 128 Å². The number of likely N-dealkylation sites (N-methyl/N-ethyl adjacent to an activating group) is 1. The molecule has 2 fully saturated rings. The zero-order valence-corrected chi connectivity index (χ0v) is 22.9. The Morgan fingerprint density at radius 3 is 1.95 bits per heavy atom. The molecule has 0 bridgehead atoms. The Balaban J connectivity index is 1.39. The molecule has 0 radical (unpaired) electrons.